The molecule has 0 aromatic carbocycles. The zero-order valence-corrected chi connectivity index (χ0v) is 14.6. The van der Waals surface area contributed by atoms with E-state index in [1.807, 2.05) is 6.92 Å². The predicted octanol–water partition coefficient (Wildman–Crippen LogP) is 2.23. The van der Waals surface area contributed by atoms with Crippen LogP contribution in [0.5, 0.6) is 0 Å². The lowest BCUT2D eigenvalue weighted by molar-refractivity contribution is -0.143. The maximum atomic E-state index is 12.3. The minimum Gasteiger partial charge on any atom is -0.357 e. The van der Waals surface area contributed by atoms with E-state index in [1.54, 1.807) is 6.08 Å². The molecule has 0 saturated carbocycles. The minimum absolute atomic E-state index is 0. The van der Waals surface area contributed by atoms with Crippen molar-refractivity contribution in [3.05, 3.63) is 12.7 Å². The molecule has 4 nitrogen and oxygen atoms in total. The van der Waals surface area contributed by atoms with Crippen molar-refractivity contribution in [2.45, 2.75) is 19.5 Å². The van der Waals surface area contributed by atoms with Crippen LogP contribution >= 0.6 is 24.0 Å². The Balaban J connectivity index is 0.00000400. The van der Waals surface area contributed by atoms with Gasteiger partial charge in [0.25, 0.3) is 0 Å². The third-order valence-electron chi connectivity index (χ3n) is 3.04. The highest BCUT2D eigenvalue weighted by atomic mass is 127. The summed E-state index contributed by atoms with van der Waals surface area (Å²) in [5, 5.41) is 6.16. The Bertz CT molecular complexity index is 334. The second-order valence-electron chi connectivity index (χ2n) is 4.89. The summed E-state index contributed by atoms with van der Waals surface area (Å²) in [5.41, 5.74) is 0. The van der Waals surface area contributed by atoms with Crippen molar-refractivity contribution in [3.63, 3.8) is 0 Å². The van der Waals surface area contributed by atoms with Crippen molar-refractivity contribution < 1.29 is 13.2 Å². The molecule has 0 radical (unpaired) electrons. The molecule has 0 bridgehead atoms. The first-order valence-corrected chi connectivity index (χ1v) is 6.86. The molecule has 1 atom stereocenters. The summed E-state index contributed by atoms with van der Waals surface area (Å²) in [6.45, 7) is 7.62. The van der Waals surface area contributed by atoms with Gasteiger partial charge in [0.15, 0.2) is 5.96 Å². The summed E-state index contributed by atoms with van der Waals surface area (Å²) in [5.74, 6) is 0.873. The van der Waals surface area contributed by atoms with E-state index in [0.29, 0.717) is 32.1 Å². The molecule has 1 aliphatic heterocycles. The van der Waals surface area contributed by atoms with E-state index in [1.165, 1.54) is 4.90 Å². The predicted molar refractivity (Wildman–Crippen MR) is 90.2 cm³/mol. The molecule has 21 heavy (non-hydrogen) atoms. The first-order chi connectivity index (χ1) is 9.44. The van der Waals surface area contributed by atoms with Gasteiger partial charge in [0.1, 0.15) is 0 Å². The van der Waals surface area contributed by atoms with E-state index in [9.17, 15) is 13.2 Å². The van der Waals surface area contributed by atoms with Crippen LogP contribution in [0.15, 0.2) is 17.6 Å². The van der Waals surface area contributed by atoms with Crippen molar-refractivity contribution in [1.29, 1.82) is 0 Å². The van der Waals surface area contributed by atoms with E-state index < -0.39 is 12.7 Å². The summed E-state index contributed by atoms with van der Waals surface area (Å²) in [6, 6.07) is 0. The number of guanidine groups is 1. The van der Waals surface area contributed by atoms with Gasteiger partial charge in [-0.3, -0.25) is 9.89 Å². The molecule has 1 rings (SSSR count). The molecule has 0 amide bonds. The molecule has 1 heterocycles. The molecule has 8 heteroatoms. The molecule has 1 fully saturated rings. The number of hydrogen-bond donors (Lipinski definition) is 2. The lowest BCUT2D eigenvalue weighted by atomic mass is 10.1. The van der Waals surface area contributed by atoms with E-state index in [-0.39, 0.29) is 29.9 Å². The van der Waals surface area contributed by atoms with Crippen molar-refractivity contribution in [1.82, 2.24) is 15.5 Å². The number of likely N-dealkylation sites (tertiary alicyclic amines) is 1. The molecule has 0 aromatic rings. The van der Waals surface area contributed by atoms with E-state index in [0.717, 1.165) is 13.0 Å². The third kappa shape index (κ3) is 9.18. The van der Waals surface area contributed by atoms with Crippen molar-refractivity contribution >= 4 is 29.9 Å². The molecular weight excluding hydrogens is 396 g/mol. The summed E-state index contributed by atoms with van der Waals surface area (Å²) < 4.78 is 36.9. The van der Waals surface area contributed by atoms with Crippen LogP contribution in [-0.2, 0) is 0 Å². The zero-order valence-electron chi connectivity index (χ0n) is 12.2. The monoisotopic (exact) mass is 420 g/mol. The zero-order chi connectivity index (χ0) is 15.0. The molecule has 0 aromatic heterocycles. The van der Waals surface area contributed by atoms with Crippen LogP contribution in [0.2, 0.25) is 0 Å². The summed E-state index contributed by atoms with van der Waals surface area (Å²) in [7, 11) is 0. The molecule has 124 valence electrons. The Morgan fingerprint density at radius 1 is 1.43 bits per heavy atom. The topological polar surface area (TPSA) is 39.7 Å². The number of hydrogen-bond acceptors (Lipinski definition) is 2. The van der Waals surface area contributed by atoms with Gasteiger partial charge in [-0.2, -0.15) is 13.2 Å². The summed E-state index contributed by atoms with van der Waals surface area (Å²) >= 11 is 0. The quantitative estimate of drug-likeness (QED) is 0.300. The average Bonchev–Trinajstić information content (AvgIpc) is 2.78. The molecule has 1 saturated heterocycles. The van der Waals surface area contributed by atoms with Crippen LogP contribution in [0.3, 0.4) is 0 Å². The highest BCUT2D eigenvalue weighted by molar-refractivity contribution is 14.0. The Morgan fingerprint density at radius 3 is 2.71 bits per heavy atom. The van der Waals surface area contributed by atoms with Gasteiger partial charge < -0.3 is 10.6 Å². The summed E-state index contributed by atoms with van der Waals surface area (Å²) in [6.07, 6.45) is -1.62. The lowest BCUT2D eigenvalue weighted by Gasteiger charge is -2.17. The number of halogens is 4. The van der Waals surface area contributed by atoms with Gasteiger partial charge in [-0.05, 0) is 25.8 Å². The van der Waals surface area contributed by atoms with E-state index in [2.05, 4.69) is 22.2 Å². The van der Waals surface area contributed by atoms with Crippen LogP contribution < -0.4 is 10.6 Å². The molecular formula is C13H24F3IN4. The number of nitrogens with zero attached hydrogens (tertiary/aromatic N) is 2. The fourth-order valence-electron chi connectivity index (χ4n) is 2.19. The van der Waals surface area contributed by atoms with Crippen LogP contribution in [-0.4, -0.2) is 56.3 Å². The molecule has 2 N–H and O–H groups in total. The van der Waals surface area contributed by atoms with E-state index in [4.69, 9.17) is 0 Å². The Hall–Kier alpha value is -0.510. The third-order valence-corrected chi connectivity index (χ3v) is 3.04. The van der Waals surface area contributed by atoms with Crippen LogP contribution in [0.25, 0.3) is 0 Å². The SMILES string of the molecule is C=CCNC(=NCC1CCN(CC(F)(F)F)C1)NCC.I. The second kappa shape index (κ2) is 10.3. The van der Waals surface area contributed by atoms with Crippen LogP contribution in [0, 0.1) is 5.92 Å². The molecule has 1 aliphatic rings. The van der Waals surface area contributed by atoms with Crippen molar-refractivity contribution in [2.75, 3.05) is 39.3 Å². The normalized spacial score (nSPS) is 20.0. The standard InChI is InChI=1S/C13H23F3N4.HI/c1-3-6-18-12(17-4-2)19-8-11-5-7-20(9-11)10-13(14,15)16;/h3,11H,1,4-10H2,2H3,(H2,17,18,19);1H. The van der Waals surface area contributed by atoms with Gasteiger partial charge in [-0.1, -0.05) is 6.08 Å². The first-order valence-electron chi connectivity index (χ1n) is 6.86. The lowest BCUT2D eigenvalue weighted by Crippen LogP contribution is -2.37. The minimum atomic E-state index is -4.11. The van der Waals surface area contributed by atoms with Gasteiger partial charge in [0.05, 0.1) is 6.54 Å². The van der Waals surface area contributed by atoms with Crippen molar-refractivity contribution in [2.24, 2.45) is 10.9 Å². The largest absolute Gasteiger partial charge is 0.401 e. The maximum Gasteiger partial charge on any atom is 0.401 e. The first kappa shape index (κ1) is 20.5. The Labute approximate surface area is 141 Å². The van der Waals surface area contributed by atoms with Crippen LogP contribution in [0.4, 0.5) is 13.2 Å². The fourth-order valence-corrected chi connectivity index (χ4v) is 2.19. The van der Waals surface area contributed by atoms with Gasteiger partial charge in [0, 0.05) is 26.2 Å². The van der Waals surface area contributed by atoms with Gasteiger partial charge >= 0.3 is 6.18 Å². The van der Waals surface area contributed by atoms with Gasteiger partial charge in [-0.25, -0.2) is 0 Å². The Kier molecular flexibility index (Phi) is 10.0. The maximum absolute atomic E-state index is 12.3. The smallest absolute Gasteiger partial charge is 0.357 e. The Morgan fingerprint density at radius 2 is 2.14 bits per heavy atom. The highest BCUT2D eigenvalue weighted by Crippen LogP contribution is 2.22. The molecule has 0 spiro atoms. The highest BCUT2D eigenvalue weighted by Gasteiger charge is 2.34. The summed E-state index contributed by atoms with van der Waals surface area (Å²) in [4.78, 5) is 5.85. The average molecular weight is 420 g/mol. The number of rotatable bonds is 6. The second-order valence-corrected chi connectivity index (χ2v) is 4.89. The van der Waals surface area contributed by atoms with Crippen LogP contribution in [0.1, 0.15) is 13.3 Å². The van der Waals surface area contributed by atoms with Gasteiger partial charge in [0.2, 0.25) is 0 Å². The molecule has 0 aliphatic carbocycles. The number of nitrogens with one attached hydrogen (secondary N) is 2. The van der Waals surface area contributed by atoms with Crippen molar-refractivity contribution in [3.8, 4) is 0 Å². The van der Waals surface area contributed by atoms with Gasteiger partial charge in [-0.15, -0.1) is 30.6 Å². The van der Waals surface area contributed by atoms with E-state index >= 15 is 0 Å². The fraction of sp³-hybridized carbons (Fsp3) is 0.769. The number of aliphatic imine (C=N–C) groups is 1. The number of alkyl halides is 3. The molecule has 1 unspecified atom stereocenters.